The van der Waals surface area contributed by atoms with Crippen LogP contribution in [0.25, 0.3) is 21.8 Å². The molecule has 0 bridgehead atoms. The third kappa shape index (κ3) is 3.21. The van der Waals surface area contributed by atoms with Gasteiger partial charge in [-0.1, -0.05) is 42.5 Å². The molecule has 0 aliphatic heterocycles. The van der Waals surface area contributed by atoms with Gasteiger partial charge in [-0.3, -0.25) is 4.79 Å². The van der Waals surface area contributed by atoms with E-state index in [4.69, 9.17) is 9.47 Å². The maximum absolute atomic E-state index is 12.1. The predicted molar refractivity (Wildman–Crippen MR) is 104 cm³/mol. The van der Waals surface area contributed by atoms with E-state index in [9.17, 15) is 10.1 Å². The van der Waals surface area contributed by atoms with Gasteiger partial charge in [0.05, 0.1) is 24.2 Å². The highest BCUT2D eigenvalue weighted by molar-refractivity contribution is 5.85. The number of benzene rings is 3. The van der Waals surface area contributed by atoms with Crippen LogP contribution in [-0.4, -0.2) is 23.0 Å². The lowest BCUT2D eigenvalue weighted by Crippen LogP contribution is -2.15. The SMILES string of the molecule is COC(=O)[C@@H](C#N)c1nc2ccccc2nc1Oc1ccc2ccccc2c1. The van der Waals surface area contributed by atoms with Gasteiger partial charge in [0.1, 0.15) is 11.4 Å². The van der Waals surface area contributed by atoms with Gasteiger partial charge in [0, 0.05) is 0 Å². The summed E-state index contributed by atoms with van der Waals surface area (Å²) < 4.78 is 10.7. The summed E-state index contributed by atoms with van der Waals surface area (Å²) in [4.78, 5) is 21.0. The Morgan fingerprint density at radius 3 is 2.36 bits per heavy atom. The summed E-state index contributed by atoms with van der Waals surface area (Å²) in [6.45, 7) is 0. The number of methoxy groups -OCH3 is 1. The Labute approximate surface area is 161 Å². The number of carbonyl (C=O) groups excluding carboxylic acids is 1. The second kappa shape index (κ2) is 7.33. The first-order chi connectivity index (χ1) is 13.7. The third-order valence-corrected chi connectivity index (χ3v) is 4.34. The zero-order valence-corrected chi connectivity index (χ0v) is 15.0. The Kier molecular flexibility index (Phi) is 4.56. The topological polar surface area (TPSA) is 85.1 Å². The fourth-order valence-electron chi connectivity index (χ4n) is 2.95. The highest BCUT2D eigenvalue weighted by Crippen LogP contribution is 2.31. The van der Waals surface area contributed by atoms with Crippen molar-refractivity contribution in [2.75, 3.05) is 7.11 Å². The summed E-state index contributed by atoms with van der Waals surface area (Å²) >= 11 is 0. The number of nitriles is 1. The first-order valence-electron chi connectivity index (χ1n) is 8.60. The predicted octanol–water partition coefficient (Wildman–Crippen LogP) is 4.36. The fourth-order valence-corrected chi connectivity index (χ4v) is 2.95. The van der Waals surface area contributed by atoms with E-state index < -0.39 is 11.9 Å². The summed E-state index contributed by atoms with van der Waals surface area (Å²) in [6.07, 6.45) is 0. The molecule has 0 aliphatic rings. The van der Waals surface area contributed by atoms with Crippen molar-refractivity contribution in [2.45, 2.75) is 5.92 Å². The molecule has 4 aromatic rings. The van der Waals surface area contributed by atoms with Crippen LogP contribution in [0.15, 0.2) is 66.7 Å². The van der Waals surface area contributed by atoms with Crippen molar-refractivity contribution in [1.29, 1.82) is 5.26 Å². The second-order valence-corrected chi connectivity index (χ2v) is 6.10. The van der Waals surface area contributed by atoms with E-state index in [2.05, 4.69) is 9.97 Å². The van der Waals surface area contributed by atoms with Crippen molar-refractivity contribution in [3.05, 3.63) is 72.4 Å². The van der Waals surface area contributed by atoms with Crippen molar-refractivity contribution in [2.24, 2.45) is 0 Å². The van der Waals surface area contributed by atoms with Crippen LogP contribution in [0.2, 0.25) is 0 Å². The van der Waals surface area contributed by atoms with Crippen LogP contribution in [0.5, 0.6) is 11.6 Å². The smallest absolute Gasteiger partial charge is 0.329 e. The molecule has 3 aromatic carbocycles. The molecule has 6 nitrogen and oxygen atoms in total. The molecule has 0 saturated carbocycles. The molecule has 28 heavy (non-hydrogen) atoms. The molecule has 0 amide bonds. The Bertz CT molecular complexity index is 1230. The van der Waals surface area contributed by atoms with Gasteiger partial charge in [0.15, 0.2) is 5.92 Å². The first kappa shape index (κ1) is 17.4. The molecule has 1 heterocycles. The van der Waals surface area contributed by atoms with Gasteiger partial charge in [-0.05, 0) is 35.0 Å². The van der Waals surface area contributed by atoms with Gasteiger partial charge in [-0.25, -0.2) is 9.97 Å². The summed E-state index contributed by atoms with van der Waals surface area (Å²) in [6, 6.07) is 22.6. The largest absolute Gasteiger partial charge is 0.468 e. The van der Waals surface area contributed by atoms with E-state index in [1.165, 1.54) is 7.11 Å². The average molecular weight is 369 g/mol. The minimum absolute atomic E-state index is 0.103. The number of ether oxygens (including phenoxy) is 2. The number of esters is 1. The van der Waals surface area contributed by atoms with Crippen LogP contribution in [0.1, 0.15) is 11.6 Å². The van der Waals surface area contributed by atoms with Gasteiger partial charge in [-0.2, -0.15) is 5.26 Å². The summed E-state index contributed by atoms with van der Waals surface area (Å²) in [5.74, 6) is -1.31. The van der Waals surface area contributed by atoms with Gasteiger partial charge in [0.25, 0.3) is 0 Å². The fraction of sp³-hybridized carbons (Fsp3) is 0.0909. The van der Waals surface area contributed by atoms with Crippen molar-refractivity contribution >= 4 is 27.8 Å². The van der Waals surface area contributed by atoms with Gasteiger partial charge in [0.2, 0.25) is 5.88 Å². The maximum Gasteiger partial charge on any atom is 0.329 e. The van der Waals surface area contributed by atoms with Crippen molar-refractivity contribution in [3.63, 3.8) is 0 Å². The van der Waals surface area contributed by atoms with Crippen molar-refractivity contribution in [1.82, 2.24) is 9.97 Å². The minimum atomic E-state index is -1.24. The average Bonchev–Trinajstić information content (AvgIpc) is 2.74. The molecule has 0 fully saturated rings. The first-order valence-corrected chi connectivity index (χ1v) is 8.60. The van der Waals surface area contributed by atoms with Crippen molar-refractivity contribution in [3.8, 4) is 17.7 Å². The van der Waals surface area contributed by atoms with Gasteiger partial charge in [-0.15, -0.1) is 0 Å². The van der Waals surface area contributed by atoms with Crippen LogP contribution in [0.4, 0.5) is 0 Å². The standard InChI is InChI=1S/C22H15N3O3/c1-27-22(26)17(13-23)20-21(25-19-9-5-4-8-18(19)24-20)28-16-11-10-14-6-2-3-7-15(14)12-16/h2-12,17H,1H3/t17-/m0/s1. The van der Waals surface area contributed by atoms with E-state index in [0.29, 0.717) is 16.8 Å². The number of aromatic nitrogens is 2. The molecular weight excluding hydrogens is 354 g/mol. The molecule has 0 N–H and O–H groups in total. The Morgan fingerprint density at radius 2 is 1.64 bits per heavy atom. The molecule has 4 rings (SSSR count). The molecular formula is C22H15N3O3. The number of carbonyl (C=O) groups is 1. The molecule has 0 spiro atoms. The molecule has 6 heteroatoms. The zero-order valence-electron chi connectivity index (χ0n) is 15.0. The highest BCUT2D eigenvalue weighted by atomic mass is 16.5. The van der Waals surface area contributed by atoms with E-state index >= 15 is 0 Å². The molecule has 0 radical (unpaired) electrons. The molecule has 136 valence electrons. The maximum atomic E-state index is 12.1. The normalized spacial score (nSPS) is 11.7. The highest BCUT2D eigenvalue weighted by Gasteiger charge is 2.28. The number of fused-ring (bicyclic) bond motifs is 2. The summed E-state index contributed by atoms with van der Waals surface area (Å²) in [7, 11) is 1.23. The van der Waals surface area contributed by atoms with Crippen LogP contribution in [0, 0.1) is 11.3 Å². The number of rotatable bonds is 4. The summed E-state index contributed by atoms with van der Waals surface area (Å²) in [5.41, 5.74) is 1.29. The minimum Gasteiger partial charge on any atom is -0.468 e. The quantitative estimate of drug-likeness (QED) is 0.497. The van der Waals surface area contributed by atoms with Gasteiger partial charge < -0.3 is 9.47 Å². The monoisotopic (exact) mass is 369 g/mol. The number of nitrogens with zero attached hydrogens (tertiary/aromatic N) is 3. The molecule has 0 saturated heterocycles. The number of para-hydroxylation sites is 2. The Morgan fingerprint density at radius 1 is 0.964 bits per heavy atom. The van der Waals surface area contributed by atoms with E-state index in [1.807, 2.05) is 60.7 Å². The Balaban J connectivity index is 1.84. The zero-order chi connectivity index (χ0) is 19.5. The van der Waals surface area contributed by atoms with Crippen molar-refractivity contribution < 1.29 is 14.3 Å². The lowest BCUT2D eigenvalue weighted by Gasteiger charge is -2.13. The molecule has 0 unspecified atom stereocenters. The molecule has 0 aliphatic carbocycles. The Hall–Kier alpha value is -3.98. The van der Waals surface area contributed by atoms with Crippen LogP contribution in [0.3, 0.4) is 0 Å². The van der Waals surface area contributed by atoms with Crippen LogP contribution < -0.4 is 4.74 Å². The van der Waals surface area contributed by atoms with Gasteiger partial charge >= 0.3 is 5.97 Å². The van der Waals surface area contributed by atoms with Crippen LogP contribution >= 0.6 is 0 Å². The lowest BCUT2D eigenvalue weighted by atomic mass is 10.1. The van der Waals surface area contributed by atoms with E-state index in [0.717, 1.165) is 10.8 Å². The van der Waals surface area contributed by atoms with E-state index in [-0.39, 0.29) is 11.6 Å². The number of hydrogen-bond donors (Lipinski definition) is 0. The number of hydrogen-bond acceptors (Lipinski definition) is 6. The third-order valence-electron chi connectivity index (χ3n) is 4.34. The summed E-state index contributed by atoms with van der Waals surface area (Å²) in [5, 5.41) is 11.6. The lowest BCUT2D eigenvalue weighted by molar-refractivity contribution is -0.141. The molecule has 1 aromatic heterocycles. The second-order valence-electron chi connectivity index (χ2n) is 6.10. The van der Waals surface area contributed by atoms with E-state index in [1.54, 1.807) is 12.1 Å². The molecule has 1 atom stereocenters. The van der Waals surface area contributed by atoms with Crippen LogP contribution in [-0.2, 0) is 9.53 Å².